The van der Waals surface area contributed by atoms with Gasteiger partial charge in [-0.2, -0.15) is 11.8 Å². The van der Waals surface area contributed by atoms with Crippen LogP contribution in [0.3, 0.4) is 0 Å². The normalized spacial score (nSPS) is 18.5. The molecule has 0 aromatic heterocycles. The van der Waals surface area contributed by atoms with Gasteiger partial charge in [-0.15, -0.1) is 0 Å². The summed E-state index contributed by atoms with van der Waals surface area (Å²) in [5.41, 5.74) is 0.630. The van der Waals surface area contributed by atoms with Gasteiger partial charge in [0.2, 0.25) is 17.7 Å². The van der Waals surface area contributed by atoms with Gasteiger partial charge in [0.1, 0.15) is 23.9 Å². The lowest BCUT2D eigenvalue weighted by Crippen LogP contribution is -2.58. The number of carbonyl (C=O) groups is 4. The van der Waals surface area contributed by atoms with Crippen molar-refractivity contribution in [1.82, 2.24) is 21.3 Å². The highest BCUT2D eigenvalue weighted by Crippen LogP contribution is 2.14. The van der Waals surface area contributed by atoms with Crippen molar-refractivity contribution < 1.29 is 29.4 Å². The third-order valence-corrected chi connectivity index (χ3v) is 7.05. The fourth-order valence-corrected chi connectivity index (χ4v) is 4.44. The monoisotopic (exact) mass is 522 g/mol. The summed E-state index contributed by atoms with van der Waals surface area (Å²) >= 11 is 1.55. The van der Waals surface area contributed by atoms with Crippen molar-refractivity contribution >= 4 is 35.5 Å². The van der Waals surface area contributed by atoms with Crippen LogP contribution in [0.25, 0.3) is 0 Å². The van der Waals surface area contributed by atoms with Crippen LogP contribution in [0.2, 0.25) is 0 Å². The molecule has 11 heteroatoms. The molecule has 0 radical (unpaired) electrons. The molecule has 2 rings (SSSR count). The number of rotatable bonds is 14. The number of aliphatic carboxylic acids is 1. The Labute approximate surface area is 216 Å². The van der Waals surface area contributed by atoms with Gasteiger partial charge in [-0.05, 0) is 61.4 Å². The summed E-state index contributed by atoms with van der Waals surface area (Å²) in [5, 5.41) is 30.4. The molecule has 3 amide bonds. The molecule has 1 aliphatic heterocycles. The number of hydrogen-bond acceptors (Lipinski definition) is 7. The van der Waals surface area contributed by atoms with E-state index < -0.39 is 35.9 Å². The quantitative estimate of drug-likeness (QED) is 0.211. The summed E-state index contributed by atoms with van der Waals surface area (Å²) in [6, 6.07) is 2.74. The van der Waals surface area contributed by atoms with E-state index in [9.17, 15) is 29.4 Å². The van der Waals surface area contributed by atoms with E-state index in [1.54, 1.807) is 30.8 Å². The zero-order valence-electron chi connectivity index (χ0n) is 21.1. The van der Waals surface area contributed by atoms with Crippen LogP contribution in [0.15, 0.2) is 24.3 Å². The lowest BCUT2D eigenvalue weighted by atomic mass is 9.96. The number of phenolic OH excluding ortho intramolecular Hbond substituents is 1. The maximum atomic E-state index is 13.2. The first-order valence-electron chi connectivity index (χ1n) is 12.3. The van der Waals surface area contributed by atoms with E-state index in [-0.39, 0.29) is 30.0 Å². The van der Waals surface area contributed by atoms with Gasteiger partial charge in [0.25, 0.3) is 0 Å². The smallest absolute Gasteiger partial charge is 0.326 e. The highest BCUT2D eigenvalue weighted by molar-refractivity contribution is 7.98. The zero-order valence-corrected chi connectivity index (χ0v) is 21.9. The molecule has 0 bridgehead atoms. The van der Waals surface area contributed by atoms with Crippen LogP contribution in [0.1, 0.15) is 45.1 Å². The number of nitrogens with one attached hydrogen (secondary N) is 4. The second-order valence-corrected chi connectivity index (χ2v) is 10.1. The number of benzene rings is 1. The minimum absolute atomic E-state index is 0.0172. The Balaban J connectivity index is 2.11. The molecule has 0 saturated carbocycles. The average Bonchev–Trinajstić information content (AvgIpc) is 3.40. The first-order valence-corrected chi connectivity index (χ1v) is 13.7. The largest absolute Gasteiger partial charge is 0.508 e. The number of thioether (sulfide) groups is 1. The second kappa shape index (κ2) is 14.7. The van der Waals surface area contributed by atoms with Crippen molar-refractivity contribution in [1.29, 1.82) is 0 Å². The van der Waals surface area contributed by atoms with Gasteiger partial charge < -0.3 is 31.5 Å². The Hall–Kier alpha value is -2.79. The third kappa shape index (κ3) is 9.02. The molecule has 200 valence electrons. The number of carboxylic acids is 1. The molecule has 6 N–H and O–H groups in total. The van der Waals surface area contributed by atoms with Gasteiger partial charge in [0.15, 0.2) is 0 Å². The minimum Gasteiger partial charge on any atom is -0.508 e. The van der Waals surface area contributed by atoms with Gasteiger partial charge in [-0.1, -0.05) is 32.4 Å². The average molecular weight is 523 g/mol. The first kappa shape index (κ1) is 29.4. The molecular weight excluding hydrogens is 484 g/mol. The number of amides is 3. The Morgan fingerprint density at radius 3 is 2.33 bits per heavy atom. The van der Waals surface area contributed by atoms with E-state index in [1.807, 2.05) is 13.2 Å². The maximum Gasteiger partial charge on any atom is 0.326 e. The molecule has 1 aromatic rings. The summed E-state index contributed by atoms with van der Waals surface area (Å²) in [6.45, 7) is 4.43. The SMILES string of the molecule is CCC(C)C(NC(=O)C(CCSC)NC(=O)C1CCCN1)C(=O)NC(Cc1ccc(O)cc1)C(=O)O. The molecular formula is C25H38N4O6S. The predicted octanol–water partition coefficient (Wildman–Crippen LogP) is 1.02. The van der Waals surface area contributed by atoms with Crippen molar-refractivity contribution in [2.75, 3.05) is 18.6 Å². The molecule has 10 nitrogen and oxygen atoms in total. The molecule has 5 atom stereocenters. The van der Waals surface area contributed by atoms with Crippen LogP contribution in [0, 0.1) is 5.92 Å². The lowest BCUT2D eigenvalue weighted by Gasteiger charge is -2.28. The van der Waals surface area contributed by atoms with E-state index in [4.69, 9.17) is 0 Å². The Kier molecular flexibility index (Phi) is 12.0. The molecule has 1 saturated heterocycles. The summed E-state index contributed by atoms with van der Waals surface area (Å²) in [7, 11) is 0. The van der Waals surface area contributed by atoms with E-state index in [1.165, 1.54) is 12.1 Å². The molecule has 1 aromatic carbocycles. The van der Waals surface area contributed by atoms with Crippen molar-refractivity contribution in [2.24, 2.45) is 5.92 Å². The molecule has 1 fully saturated rings. The number of carboxylic acid groups (broad SMARTS) is 1. The maximum absolute atomic E-state index is 13.2. The van der Waals surface area contributed by atoms with Crippen LogP contribution in [0.5, 0.6) is 5.75 Å². The number of aromatic hydroxyl groups is 1. The van der Waals surface area contributed by atoms with E-state index >= 15 is 0 Å². The van der Waals surface area contributed by atoms with Gasteiger partial charge in [-0.25, -0.2) is 4.79 Å². The van der Waals surface area contributed by atoms with Gasteiger partial charge in [0, 0.05) is 6.42 Å². The summed E-state index contributed by atoms with van der Waals surface area (Å²) in [6.07, 6.45) is 4.50. The third-order valence-electron chi connectivity index (χ3n) is 6.40. The summed E-state index contributed by atoms with van der Waals surface area (Å²) < 4.78 is 0. The predicted molar refractivity (Wildman–Crippen MR) is 139 cm³/mol. The highest BCUT2D eigenvalue weighted by atomic mass is 32.2. The Bertz CT molecular complexity index is 891. The van der Waals surface area contributed by atoms with E-state index in [0.717, 1.165) is 13.0 Å². The van der Waals surface area contributed by atoms with Gasteiger partial charge in [-0.3, -0.25) is 14.4 Å². The molecule has 1 heterocycles. The lowest BCUT2D eigenvalue weighted by molar-refractivity contribution is -0.142. The van der Waals surface area contributed by atoms with Crippen molar-refractivity contribution in [2.45, 2.75) is 70.1 Å². The first-order chi connectivity index (χ1) is 17.2. The van der Waals surface area contributed by atoms with Crippen LogP contribution in [-0.4, -0.2) is 76.6 Å². The molecule has 1 aliphatic rings. The number of hydrogen-bond donors (Lipinski definition) is 6. The highest BCUT2D eigenvalue weighted by Gasteiger charge is 2.33. The van der Waals surface area contributed by atoms with Gasteiger partial charge >= 0.3 is 5.97 Å². The Morgan fingerprint density at radius 2 is 1.78 bits per heavy atom. The Morgan fingerprint density at radius 1 is 1.08 bits per heavy atom. The van der Waals surface area contributed by atoms with E-state index in [2.05, 4.69) is 21.3 Å². The molecule has 0 spiro atoms. The fraction of sp³-hybridized carbons (Fsp3) is 0.600. The van der Waals surface area contributed by atoms with E-state index in [0.29, 0.717) is 30.6 Å². The molecule has 0 aliphatic carbocycles. The fourth-order valence-electron chi connectivity index (χ4n) is 3.97. The topological polar surface area (TPSA) is 157 Å². The molecule has 36 heavy (non-hydrogen) atoms. The standard InChI is InChI=1S/C25H38N4O6S/c1-4-15(2)21(24(33)28-20(25(34)35)14-16-7-9-17(30)10-8-16)29-23(32)19(11-13-36-3)27-22(31)18-6-5-12-26-18/h7-10,15,18-21,26,30H,4-6,11-14H2,1-3H3,(H,27,31)(H,28,33)(H,29,32)(H,34,35). The zero-order chi connectivity index (χ0) is 26.7. The van der Waals surface area contributed by atoms with Crippen molar-refractivity contribution in [3.8, 4) is 5.75 Å². The van der Waals surface area contributed by atoms with Gasteiger partial charge in [0.05, 0.1) is 6.04 Å². The van der Waals surface area contributed by atoms with Crippen molar-refractivity contribution in [3.05, 3.63) is 29.8 Å². The number of carbonyl (C=O) groups excluding carboxylic acids is 3. The second-order valence-electron chi connectivity index (χ2n) is 9.13. The summed E-state index contributed by atoms with van der Waals surface area (Å²) in [5.74, 6) is -2.09. The summed E-state index contributed by atoms with van der Waals surface area (Å²) in [4.78, 5) is 50.9. The van der Waals surface area contributed by atoms with Crippen LogP contribution < -0.4 is 21.3 Å². The number of phenols is 1. The molecule has 5 unspecified atom stereocenters. The van der Waals surface area contributed by atoms with Crippen LogP contribution >= 0.6 is 11.8 Å². The van der Waals surface area contributed by atoms with Crippen LogP contribution in [0.4, 0.5) is 0 Å². The van der Waals surface area contributed by atoms with Crippen LogP contribution in [-0.2, 0) is 25.6 Å². The minimum atomic E-state index is -1.22. The van der Waals surface area contributed by atoms with Crippen molar-refractivity contribution in [3.63, 3.8) is 0 Å².